The highest BCUT2D eigenvalue weighted by Gasteiger charge is 2.22. The van der Waals surface area contributed by atoms with Crippen LogP contribution in [0.1, 0.15) is 23.2 Å². The van der Waals surface area contributed by atoms with Crippen molar-refractivity contribution in [3.05, 3.63) is 74.2 Å². The zero-order valence-electron chi connectivity index (χ0n) is 17.2. The minimum absolute atomic E-state index is 0.0319. The number of sulfonamides is 1. The van der Waals surface area contributed by atoms with Crippen LogP contribution >= 0.6 is 11.6 Å². The summed E-state index contributed by atoms with van der Waals surface area (Å²) in [7, 11) is -4.07. The minimum atomic E-state index is -4.07. The quantitative estimate of drug-likeness (QED) is 0.277. The monoisotopic (exact) mass is 492 g/mol. The second-order valence-corrected chi connectivity index (χ2v) is 9.19. The van der Waals surface area contributed by atoms with Crippen molar-refractivity contribution in [1.82, 2.24) is 14.5 Å². The van der Waals surface area contributed by atoms with Gasteiger partial charge in [0.25, 0.3) is 5.69 Å². The Labute approximate surface area is 193 Å². The van der Waals surface area contributed by atoms with Crippen molar-refractivity contribution in [3.63, 3.8) is 0 Å². The van der Waals surface area contributed by atoms with Crippen LogP contribution in [0.4, 0.5) is 15.9 Å². The number of aryl methyl sites for hydroxylation is 1. The van der Waals surface area contributed by atoms with Gasteiger partial charge >= 0.3 is 0 Å². The average Bonchev–Trinajstić information content (AvgIpc) is 3.08. The zero-order valence-corrected chi connectivity index (χ0v) is 18.8. The van der Waals surface area contributed by atoms with Gasteiger partial charge in [0.15, 0.2) is 0 Å². The van der Waals surface area contributed by atoms with E-state index < -0.39 is 26.5 Å². The van der Waals surface area contributed by atoms with Crippen LogP contribution < -0.4 is 10.5 Å². The fourth-order valence-corrected chi connectivity index (χ4v) is 4.48. The molecular weight excluding hydrogens is 475 g/mol. The number of halogens is 2. The van der Waals surface area contributed by atoms with E-state index in [1.807, 2.05) is 6.07 Å². The molecule has 0 amide bonds. The van der Waals surface area contributed by atoms with Crippen molar-refractivity contribution < 1.29 is 17.7 Å². The van der Waals surface area contributed by atoms with Crippen molar-refractivity contribution in [2.45, 2.75) is 24.7 Å². The van der Waals surface area contributed by atoms with Gasteiger partial charge in [-0.15, -0.1) is 0 Å². The van der Waals surface area contributed by atoms with Gasteiger partial charge in [-0.3, -0.25) is 10.1 Å². The van der Waals surface area contributed by atoms with Gasteiger partial charge in [0.05, 0.1) is 26.2 Å². The Balaban J connectivity index is 1.72. The summed E-state index contributed by atoms with van der Waals surface area (Å²) in [4.78, 5) is 10.1. The van der Waals surface area contributed by atoms with Crippen molar-refractivity contribution in [3.8, 4) is 11.8 Å². The van der Waals surface area contributed by atoms with Gasteiger partial charge in [-0.2, -0.15) is 10.4 Å². The van der Waals surface area contributed by atoms with E-state index in [1.54, 1.807) is 0 Å². The van der Waals surface area contributed by atoms with E-state index in [0.29, 0.717) is 11.4 Å². The standard InChI is InChI=1S/C20H18ClFN6O4S/c1-12-17(21)9-15(10-19(12)28(29)30)33(31,32)25-8-2-3-18-16(11-23)20(24)27(26-18)14-6-4-13(22)5-7-14/h4-7,9-10,25H,2-3,8,24H2,1H3. The molecule has 13 heteroatoms. The van der Waals surface area contributed by atoms with Crippen LogP contribution in [0.15, 0.2) is 41.3 Å². The lowest BCUT2D eigenvalue weighted by Crippen LogP contribution is -2.25. The lowest BCUT2D eigenvalue weighted by molar-refractivity contribution is -0.385. The Bertz CT molecular complexity index is 1370. The highest BCUT2D eigenvalue weighted by Crippen LogP contribution is 2.29. The molecular formula is C20H18ClFN6O4S. The Morgan fingerprint density at radius 3 is 2.61 bits per heavy atom. The predicted octanol–water partition coefficient (Wildman–Crippen LogP) is 3.25. The van der Waals surface area contributed by atoms with Crippen molar-refractivity contribution in [2.24, 2.45) is 0 Å². The molecule has 3 rings (SSSR count). The van der Waals surface area contributed by atoms with Gasteiger partial charge in [0.2, 0.25) is 10.0 Å². The first-order valence-corrected chi connectivity index (χ1v) is 11.4. The molecule has 0 unspecified atom stereocenters. The largest absolute Gasteiger partial charge is 0.382 e. The first-order chi connectivity index (χ1) is 15.5. The maximum atomic E-state index is 13.2. The molecule has 3 aromatic rings. The normalized spacial score (nSPS) is 11.3. The number of hydrogen-bond donors (Lipinski definition) is 2. The maximum Gasteiger partial charge on any atom is 0.275 e. The Morgan fingerprint density at radius 1 is 1.33 bits per heavy atom. The number of hydrogen-bond acceptors (Lipinski definition) is 7. The second kappa shape index (κ2) is 9.53. The fourth-order valence-electron chi connectivity index (χ4n) is 3.08. The number of nitrogen functional groups attached to an aromatic ring is 1. The van der Waals surface area contributed by atoms with Crippen LogP contribution in [-0.4, -0.2) is 29.7 Å². The van der Waals surface area contributed by atoms with E-state index >= 15 is 0 Å². The lowest BCUT2D eigenvalue weighted by Gasteiger charge is -2.08. The fraction of sp³-hybridized carbons (Fsp3) is 0.200. The molecule has 0 spiro atoms. The SMILES string of the molecule is Cc1c(Cl)cc(S(=O)(=O)NCCCc2nn(-c3ccc(F)cc3)c(N)c2C#N)cc1[N+](=O)[O-]. The third-order valence-corrected chi connectivity index (χ3v) is 6.69. The molecule has 33 heavy (non-hydrogen) atoms. The number of nitro benzene ring substituents is 1. The number of aromatic nitrogens is 2. The number of nitrogens with two attached hydrogens (primary N) is 1. The molecule has 0 aliphatic carbocycles. The van der Waals surface area contributed by atoms with E-state index in [-0.39, 0.29) is 46.2 Å². The van der Waals surface area contributed by atoms with Crippen LogP contribution in [0.5, 0.6) is 0 Å². The number of nitriles is 1. The van der Waals surface area contributed by atoms with E-state index in [4.69, 9.17) is 17.3 Å². The molecule has 0 aliphatic rings. The summed E-state index contributed by atoms with van der Waals surface area (Å²) < 4.78 is 42.0. The van der Waals surface area contributed by atoms with Crippen LogP contribution in [0, 0.1) is 34.2 Å². The number of benzene rings is 2. The van der Waals surface area contributed by atoms with Gasteiger partial charge in [0, 0.05) is 18.2 Å². The van der Waals surface area contributed by atoms with Crippen molar-refractivity contribution in [2.75, 3.05) is 12.3 Å². The van der Waals surface area contributed by atoms with Gasteiger partial charge in [0.1, 0.15) is 23.3 Å². The lowest BCUT2D eigenvalue weighted by atomic mass is 10.1. The first-order valence-electron chi connectivity index (χ1n) is 9.52. The molecule has 0 saturated carbocycles. The first kappa shape index (κ1) is 24.1. The van der Waals surface area contributed by atoms with E-state index in [1.165, 1.54) is 35.9 Å². The molecule has 3 N–H and O–H groups in total. The topological polar surface area (TPSA) is 157 Å². The third kappa shape index (κ3) is 5.11. The molecule has 0 aliphatic heterocycles. The number of nitrogens with one attached hydrogen (secondary N) is 1. The summed E-state index contributed by atoms with van der Waals surface area (Å²) in [5.74, 6) is -0.348. The summed E-state index contributed by atoms with van der Waals surface area (Å²) in [5.41, 5.74) is 6.73. The molecule has 1 heterocycles. The van der Waals surface area contributed by atoms with E-state index in [0.717, 1.165) is 12.1 Å². The molecule has 10 nitrogen and oxygen atoms in total. The van der Waals surface area contributed by atoms with Crippen molar-refractivity contribution >= 4 is 33.1 Å². The predicted molar refractivity (Wildman–Crippen MR) is 119 cm³/mol. The summed E-state index contributed by atoms with van der Waals surface area (Å²) in [6.07, 6.45) is 0.480. The van der Waals surface area contributed by atoms with Gasteiger partial charge in [-0.25, -0.2) is 22.2 Å². The highest BCUT2D eigenvalue weighted by molar-refractivity contribution is 7.89. The van der Waals surface area contributed by atoms with E-state index in [9.17, 15) is 28.2 Å². The second-order valence-electron chi connectivity index (χ2n) is 7.01. The smallest absolute Gasteiger partial charge is 0.275 e. The molecule has 0 bridgehead atoms. The Hall–Kier alpha value is -3.53. The summed E-state index contributed by atoms with van der Waals surface area (Å²) in [5, 5.41) is 24.8. The molecule has 2 aromatic carbocycles. The average molecular weight is 493 g/mol. The summed E-state index contributed by atoms with van der Waals surface area (Å²) >= 11 is 5.95. The van der Waals surface area contributed by atoms with Crippen LogP contribution in [0.2, 0.25) is 5.02 Å². The molecule has 0 fully saturated rings. The van der Waals surface area contributed by atoms with E-state index in [2.05, 4.69) is 9.82 Å². The summed E-state index contributed by atoms with van der Waals surface area (Å²) in [6.45, 7) is 1.39. The molecule has 0 saturated heterocycles. The van der Waals surface area contributed by atoms with Crippen molar-refractivity contribution in [1.29, 1.82) is 5.26 Å². The van der Waals surface area contributed by atoms with Gasteiger partial charge in [-0.1, -0.05) is 11.6 Å². The zero-order chi connectivity index (χ0) is 24.3. The minimum Gasteiger partial charge on any atom is -0.382 e. The molecule has 0 radical (unpaired) electrons. The van der Waals surface area contributed by atoms with Gasteiger partial charge < -0.3 is 5.73 Å². The molecule has 0 atom stereocenters. The van der Waals surface area contributed by atoms with Crippen LogP contribution in [0.3, 0.4) is 0 Å². The number of anilines is 1. The Kier molecular flexibility index (Phi) is 6.97. The number of nitrogens with zero attached hydrogens (tertiary/aromatic N) is 4. The Morgan fingerprint density at radius 2 is 2.00 bits per heavy atom. The number of nitro groups is 1. The molecule has 1 aromatic heterocycles. The summed E-state index contributed by atoms with van der Waals surface area (Å²) in [6, 6.07) is 9.46. The van der Waals surface area contributed by atoms with Gasteiger partial charge in [-0.05, 0) is 50.1 Å². The van der Waals surface area contributed by atoms with Crippen LogP contribution in [0.25, 0.3) is 5.69 Å². The number of rotatable bonds is 8. The van der Waals surface area contributed by atoms with Crippen LogP contribution in [-0.2, 0) is 16.4 Å². The maximum absolute atomic E-state index is 13.2. The molecule has 172 valence electrons. The third-order valence-electron chi connectivity index (χ3n) is 4.86. The highest BCUT2D eigenvalue weighted by atomic mass is 35.5.